The summed E-state index contributed by atoms with van der Waals surface area (Å²) in [6.45, 7) is 2.21. The zero-order valence-corrected chi connectivity index (χ0v) is 13.1. The third-order valence-corrected chi connectivity index (χ3v) is 4.64. The average molecular weight is 331 g/mol. The number of aromatic nitrogens is 1. The molecule has 2 heterocycles. The molecule has 0 radical (unpaired) electrons. The van der Waals surface area contributed by atoms with Crippen molar-refractivity contribution in [2.24, 2.45) is 5.92 Å². The van der Waals surface area contributed by atoms with Crippen LogP contribution in [0.4, 0.5) is 5.82 Å². The quantitative estimate of drug-likeness (QED) is 0.833. The molecule has 0 N–H and O–H groups in total. The molecule has 1 aliphatic rings. The molecule has 0 aliphatic carbocycles. The molecule has 0 unspecified atom stereocenters. The van der Waals surface area contributed by atoms with E-state index < -0.39 is 0 Å². The van der Waals surface area contributed by atoms with Crippen molar-refractivity contribution in [2.75, 3.05) is 18.0 Å². The van der Waals surface area contributed by atoms with Crippen molar-refractivity contribution >= 4 is 21.7 Å². The molecule has 3 heteroatoms. The van der Waals surface area contributed by atoms with Crippen LogP contribution in [0.15, 0.2) is 53.1 Å². The molecule has 0 bridgehead atoms. The Bertz CT molecular complexity index is 548. The van der Waals surface area contributed by atoms with Gasteiger partial charge < -0.3 is 4.90 Å². The van der Waals surface area contributed by atoms with Crippen molar-refractivity contribution in [1.82, 2.24) is 4.98 Å². The lowest BCUT2D eigenvalue weighted by molar-refractivity contribution is 0.402. The summed E-state index contributed by atoms with van der Waals surface area (Å²) < 4.78 is 1.10. The van der Waals surface area contributed by atoms with Crippen LogP contribution in [0.25, 0.3) is 0 Å². The molecular formula is C17H19BrN2. The van der Waals surface area contributed by atoms with Crippen molar-refractivity contribution in [3.05, 3.63) is 58.7 Å². The highest BCUT2D eigenvalue weighted by atomic mass is 79.9. The van der Waals surface area contributed by atoms with Gasteiger partial charge in [0.05, 0.1) is 4.47 Å². The zero-order chi connectivity index (χ0) is 13.8. The Kier molecular flexibility index (Phi) is 4.36. The standard InChI is InChI=1S/C17H19BrN2/c18-16-7-4-10-19-17(16)20-11-8-15(9-12-20)13-14-5-2-1-3-6-14/h1-7,10,15H,8-9,11-13H2. The Labute approximate surface area is 129 Å². The molecular weight excluding hydrogens is 312 g/mol. The Hall–Kier alpha value is -1.35. The van der Waals surface area contributed by atoms with Gasteiger partial charge in [-0.25, -0.2) is 4.98 Å². The van der Waals surface area contributed by atoms with Crippen LogP contribution in [0.2, 0.25) is 0 Å². The second-order valence-electron chi connectivity index (χ2n) is 5.43. The Morgan fingerprint density at radius 3 is 2.50 bits per heavy atom. The zero-order valence-electron chi connectivity index (χ0n) is 11.5. The van der Waals surface area contributed by atoms with Crippen molar-refractivity contribution in [1.29, 1.82) is 0 Å². The summed E-state index contributed by atoms with van der Waals surface area (Å²) in [5.74, 6) is 1.89. The first-order chi connectivity index (χ1) is 9.83. The number of piperidine rings is 1. The number of anilines is 1. The maximum absolute atomic E-state index is 4.49. The first-order valence-electron chi connectivity index (χ1n) is 7.22. The maximum atomic E-state index is 4.49. The summed E-state index contributed by atoms with van der Waals surface area (Å²) in [6.07, 6.45) is 5.57. The van der Waals surface area contributed by atoms with Gasteiger partial charge in [-0.3, -0.25) is 0 Å². The van der Waals surface area contributed by atoms with Crippen LogP contribution in [0, 0.1) is 5.92 Å². The average Bonchev–Trinajstić information content (AvgIpc) is 2.50. The van der Waals surface area contributed by atoms with Crippen LogP contribution < -0.4 is 4.90 Å². The molecule has 104 valence electrons. The summed E-state index contributed by atoms with van der Waals surface area (Å²) in [4.78, 5) is 6.88. The number of nitrogens with zero attached hydrogens (tertiary/aromatic N) is 2. The van der Waals surface area contributed by atoms with Crippen molar-refractivity contribution in [3.8, 4) is 0 Å². The Balaban J connectivity index is 1.59. The van der Waals surface area contributed by atoms with E-state index in [-0.39, 0.29) is 0 Å². The van der Waals surface area contributed by atoms with E-state index in [0.29, 0.717) is 0 Å². The van der Waals surface area contributed by atoms with Crippen LogP contribution in [0.3, 0.4) is 0 Å². The predicted molar refractivity (Wildman–Crippen MR) is 87.0 cm³/mol. The third-order valence-electron chi connectivity index (χ3n) is 4.02. The smallest absolute Gasteiger partial charge is 0.142 e. The molecule has 0 saturated carbocycles. The lowest BCUT2D eigenvalue weighted by Crippen LogP contribution is -2.35. The minimum Gasteiger partial charge on any atom is -0.356 e. The number of pyridine rings is 1. The largest absolute Gasteiger partial charge is 0.356 e. The van der Waals surface area contributed by atoms with Gasteiger partial charge in [0.25, 0.3) is 0 Å². The van der Waals surface area contributed by atoms with E-state index in [0.717, 1.165) is 29.3 Å². The highest BCUT2D eigenvalue weighted by molar-refractivity contribution is 9.10. The minimum atomic E-state index is 0.802. The Morgan fingerprint density at radius 2 is 1.80 bits per heavy atom. The van der Waals surface area contributed by atoms with Gasteiger partial charge in [-0.05, 0) is 58.8 Å². The summed E-state index contributed by atoms with van der Waals surface area (Å²) in [5.41, 5.74) is 1.46. The van der Waals surface area contributed by atoms with Crippen LogP contribution in [-0.2, 0) is 6.42 Å². The van der Waals surface area contributed by atoms with Crippen LogP contribution >= 0.6 is 15.9 Å². The van der Waals surface area contributed by atoms with Gasteiger partial charge in [0.1, 0.15) is 5.82 Å². The van der Waals surface area contributed by atoms with E-state index in [1.807, 2.05) is 12.3 Å². The van der Waals surface area contributed by atoms with E-state index in [2.05, 4.69) is 62.2 Å². The molecule has 1 aliphatic heterocycles. The van der Waals surface area contributed by atoms with E-state index in [9.17, 15) is 0 Å². The summed E-state index contributed by atoms with van der Waals surface area (Å²) in [7, 11) is 0. The number of hydrogen-bond donors (Lipinski definition) is 0. The van der Waals surface area contributed by atoms with Gasteiger partial charge in [0.15, 0.2) is 0 Å². The van der Waals surface area contributed by atoms with Crippen LogP contribution in [0.5, 0.6) is 0 Å². The second-order valence-corrected chi connectivity index (χ2v) is 6.28. The summed E-state index contributed by atoms with van der Waals surface area (Å²) >= 11 is 3.60. The van der Waals surface area contributed by atoms with Gasteiger partial charge in [0, 0.05) is 19.3 Å². The SMILES string of the molecule is Brc1cccnc1N1CCC(Cc2ccccc2)CC1. The monoisotopic (exact) mass is 330 g/mol. The molecule has 2 nitrogen and oxygen atoms in total. The van der Waals surface area contributed by atoms with E-state index in [1.54, 1.807) is 0 Å². The van der Waals surface area contributed by atoms with E-state index in [1.165, 1.54) is 24.8 Å². The van der Waals surface area contributed by atoms with Crippen molar-refractivity contribution < 1.29 is 0 Å². The van der Waals surface area contributed by atoms with E-state index in [4.69, 9.17) is 0 Å². The molecule has 1 aromatic carbocycles. The van der Waals surface area contributed by atoms with Gasteiger partial charge in [0.2, 0.25) is 0 Å². The topological polar surface area (TPSA) is 16.1 Å². The molecule has 1 aromatic heterocycles. The third kappa shape index (κ3) is 3.21. The maximum Gasteiger partial charge on any atom is 0.142 e. The number of benzene rings is 1. The molecule has 2 aromatic rings. The fourth-order valence-corrected chi connectivity index (χ4v) is 3.41. The highest BCUT2D eigenvalue weighted by Crippen LogP contribution is 2.28. The highest BCUT2D eigenvalue weighted by Gasteiger charge is 2.21. The first-order valence-corrected chi connectivity index (χ1v) is 8.01. The molecule has 0 atom stereocenters. The fourth-order valence-electron chi connectivity index (χ4n) is 2.91. The Morgan fingerprint density at radius 1 is 1.05 bits per heavy atom. The van der Waals surface area contributed by atoms with Gasteiger partial charge in [-0.1, -0.05) is 30.3 Å². The van der Waals surface area contributed by atoms with Gasteiger partial charge in [-0.2, -0.15) is 0 Å². The molecule has 1 saturated heterocycles. The summed E-state index contributed by atoms with van der Waals surface area (Å²) in [5, 5.41) is 0. The normalized spacial score (nSPS) is 16.4. The number of rotatable bonds is 3. The first kappa shape index (κ1) is 13.6. The number of hydrogen-bond acceptors (Lipinski definition) is 2. The predicted octanol–water partition coefficient (Wildman–Crippen LogP) is 4.30. The molecule has 20 heavy (non-hydrogen) atoms. The molecule has 0 spiro atoms. The molecule has 3 rings (SSSR count). The summed E-state index contributed by atoms with van der Waals surface area (Å²) in [6, 6.07) is 14.9. The number of halogens is 1. The second kappa shape index (κ2) is 6.40. The van der Waals surface area contributed by atoms with E-state index >= 15 is 0 Å². The minimum absolute atomic E-state index is 0.802. The van der Waals surface area contributed by atoms with Gasteiger partial charge in [-0.15, -0.1) is 0 Å². The molecule has 0 amide bonds. The fraction of sp³-hybridized carbons (Fsp3) is 0.353. The molecule has 1 fully saturated rings. The lowest BCUT2D eigenvalue weighted by Gasteiger charge is -2.33. The van der Waals surface area contributed by atoms with Crippen LogP contribution in [-0.4, -0.2) is 18.1 Å². The van der Waals surface area contributed by atoms with Crippen LogP contribution in [0.1, 0.15) is 18.4 Å². The van der Waals surface area contributed by atoms with Gasteiger partial charge >= 0.3 is 0 Å². The van der Waals surface area contributed by atoms with Crippen molar-refractivity contribution in [2.45, 2.75) is 19.3 Å². The lowest BCUT2D eigenvalue weighted by atomic mass is 9.90. The van der Waals surface area contributed by atoms with Crippen molar-refractivity contribution in [3.63, 3.8) is 0 Å².